The van der Waals surface area contributed by atoms with E-state index in [1.807, 2.05) is 12.3 Å². The Bertz CT molecular complexity index is 633. The predicted octanol–water partition coefficient (Wildman–Crippen LogP) is 1.82. The van der Waals surface area contributed by atoms with E-state index in [-0.39, 0.29) is 11.9 Å². The third kappa shape index (κ3) is 3.80. The largest absolute Gasteiger partial charge is 0.379 e. The third-order valence-corrected chi connectivity index (χ3v) is 5.65. The number of hydrogen-bond acceptors (Lipinski definition) is 4. The number of fused-ring (bicyclic) bond motifs is 1. The van der Waals surface area contributed by atoms with Crippen LogP contribution in [0.25, 0.3) is 0 Å². The summed E-state index contributed by atoms with van der Waals surface area (Å²) in [7, 11) is 0. The second kappa shape index (κ2) is 7.70. The highest BCUT2D eigenvalue weighted by atomic mass is 16.5. The molecule has 3 aliphatic rings. The molecule has 0 spiro atoms. The molecular formula is C19H28N4O2. The van der Waals surface area contributed by atoms with Crippen molar-refractivity contribution in [3.63, 3.8) is 0 Å². The lowest BCUT2D eigenvalue weighted by Crippen LogP contribution is -2.49. The molecule has 136 valence electrons. The van der Waals surface area contributed by atoms with Gasteiger partial charge >= 0.3 is 0 Å². The van der Waals surface area contributed by atoms with Gasteiger partial charge in [0.2, 0.25) is 5.91 Å². The highest BCUT2D eigenvalue weighted by Crippen LogP contribution is 2.25. The zero-order valence-corrected chi connectivity index (χ0v) is 14.9. The Labute approximate surface area is 149 Å². The number of ether oxygens (including phenoxy) is 1. The fourth-order valence-corrected chi connectivity index (χ4v) is 4.15. The van der Waals surface area contributed by atoms with Crippen molar-refractivity contribution in [3.8, 4) is 0 Å². The summed E-state index contributed by atoms with van der Waals surface area (Å²) in [5.74, 6) is 0.243. The first-order chi connectivity index (χ1) is 12.3. The molecule has 1 amide bonds. The van der Waals surface area contributed by atoms with E-state index < -0.39 is 0 Å². The minimum absolute atomic E-state index is 0.243. The van der Waals surface area contributed by atoms with Gasteiger partial charge in [0.25, 0.3) is 0 Å². The number of allylic oxidation sites excluding steroid dienone is 1. The average Bonchev–Trinajstić information content (AvgIpc) is 3.04. The van der Waals surface area contributed by atoms with Crippen molar-refractivity contribution >= 4 is 5.91 Å². The van der Waals surface area contributed by atoms with Crippen LogP contribution in [0.2, 0.25) is 0 Å². The molecule has 1 saturated heterocycles. The summed E-state index contributed by atoms with van der Waals surface area (Å²) in [5.41, 5.74) is 2.17. The van der Waals surface area contributed by atoms with Crippen LogP contribution >= 0.6 is 0 Å². The van der Waals surface area contributed by atoms with E-state index >= 15 is 0 Å². The predicted molar refractivity (Wildman–Crippen MR) is 95.0 cm³/mol. The fraction of sp³-hybridized carbons (Fsp3) is 0.684. The van der Waals surface area contributed by atoms with Gasteiger partial charge in [0.1, 0.15) is 0 Å². The summed E-state index contributed by atoms with van der Waals surface area (Å²) in [5, 5.41) is 4.43. The van der Waals surface area contributed by atoms with Crippen molar-refractivity contribution in [1.82, 2.24) is 19.6 Å². The van der Waals surface area contributed by atoms with Gasteiger partial charge in [-0.25, -0.2) is 0 Å². The molecule has 25 heavy (non-hydrogen) atoms. The summed E-state index contributed by atoms with van der Waals surface area (Å²) in [6, 6.07) is 2.29. The zero-order chi connectivity index (χ0) is 17.1. The number of amides is 1. The molecule has 6 nitrogen and oxygen atoms in total. The van der Waals surface area contributed by atoms with Crippen LogP contribution in [0.5, 0.6) is 0 Å². The summed E-state index contributed by atoms with van der Waals surface area (Å²) in [6.45, 7) is 6.02. The van der Waals surface area contributed by atoms with Crippen LogP contribution in [0.3, 0.4) is 0 Å². The quantitative estimate of drug-likeness (QED) is 0.839. The number of carbonyl (C=O) groups excluding carboxylic acids is 1. The lowest BCUT2D eigenvalue weighted by molar-refractivity contribution is -0.131. The number of morpholine rings is 1. The average molecular weight is 344 g/mol. The van der Waals surface area contributed by atoms with Crippen LogP contribution in [0, 0.1) is 0 Å². The standard InChI is InChI=1S/C19H28N4O2/c24-19(16-4-2-1-3-5-16)22-15-18-6-8-20-23(18)9-7-17(22)14-21-10-12-25-13-11-21/h4,6,8,17H,1-3,5,7,9-15H2/t17-/m1/s1. The molecule has 6 heteroatoms. The molecule has 3 heterocycles. The van der Waals surface area contributed by atoms with E-state index in [4.69, 9.17) is 4.74 Å². The van der Waals surface area contributed by atoms with E-state index in [2.05, 4.69) is 25.7 Å². The maximum absolute atomic E-state index is 13.3. The Morgan fingerprint density at radius 1 is 1.24 bits per heavy atom. The molecule has 0 N–H and O–H groups in total. The van der Waals surface area contributed by atoms with Gasteiger partial charge in [-0.2, -0.15) is 5.10 Å². The molecule has 1 atom stereocenters. The Morgan fingerprint density at radius 3 is 2.92 bits per heavy atom. The Kier molecular flexibility index (Phi) is 5.17. The van der Waals surface area contributed by atoms with E-state index in [1.165, 1.54) is 6.42 Å². The molecule has 1 aromatic heterocycles. The highest BCUT2D eigenvalue weighted by Gasteiger charge is 2.31. The van der Waals surface area contributed by atoms with Gasteiger partial charge in [-0.3, -0.25) is 14.4 Å². The topological polar surface area (TPSA) is 50.6 Å². The molecule has 4 rings (SSSR count). The number of rotatable bonds is 3. The van der Waals surface area contributed by atoms with Crippen molar-refractivity contribution < 1.29 is 9.53 Å². The molecule has 0 saturated carbocycles. The number of carbonyl (C=O) groups is 1. The maximum atomic E-state index is 13.3. The second-order valence-electron chi connectivity index (χ2n) is 7.31. The minimum atomic E-state index is 0.243. The number of nitrogens with zero attached hydrogens (tertiary/aromatic N) is 4. The van der Waals surface area contributed by atoms with E-state index in [9.17, 15) is 4.79 Å². The lowest BCUT2D eigenvalue weighted by Gasteiger charge is -2.36. The molecule has 1 aromatic rings. The van der Waals surface area contributed by atoms with Crippen LogP contribution in [-0.2, 0) is 22.6 Å². The number of aromatic nitrogens is 2. The second-order valence-corrected chi connectivity index (χ2v) is 7.31. The van der Waals surface area contributed by atoms with Crippen LogP contribution in [0.4, 0.5) is 0 Å². The first kappa shape index (κ1) is 16.8. The molecule has 2 aliphatic heterocycles. The van der Waals surface area contributed by atoms with Crippen LogP contribution in [-0.4, -0.2) is 64.4 Å². The molecule has 0 radical (unpaired) electrons. The van der Waals surface area contributed by atoms with Crippen LogP contribution < -0.4 is 0 Å². The van der Waals surface area contributed by atoms with Crippen molar-refractivity contribution in [2.24, 2.45) is 0 Å². The van der Waals surface area contributed by atoms with E-state index in [0.717, 1.165) is 76.3 Å². The normalized spacial score (nSPS) is 25.2. The summed E-state index contributed by atoms with van der Waals surface area (Å²) in [4.78, 5) is 17.8. The van der Waals surface area contributed by atoms with Crippen LogP contribution in [0.1, 0.15) is 37.8 Å². The van der Waals surface area contributed by atoms with Crippen molar-refractivity contribution in [2.75, 3.05) is 32.8 Å². The highest BCUT2D eigenvalue weighted by molar-refractivity contribution is 5.93. The molecular weight excluding hydrogens is 316 g/mol. The van der Waals surface area contributed by atoms with Gasteiger partial charge in [0.05, 0.1) is 25.5 Å². The van der Waals surface area contributed by atoms with Gasteiger partial charge < -0.3 is 9.64 Å². The Hall–Kier alpha value is -1.66. The molecule has 0 unspecified atom stereocenters. The monoisotopic (exact) mass is 344 g/mol. The zero-order valence-electron chi connectivity index (χ0n) is 14.9. The van der Waals surface area contributed by atoms with Gasteiger partial charge in [0, 0.05) is 44.0 Å². The Morgan fingerprint density at radius 2 is 2.12 bits per heavy atom. The molecule has 0 aromatic carbocycles. The maximum Gasteiger partial charge on any atom is 0.250 e. The molecule has 1 fully saturated rings. The smallest absolute Gasteiger partial charge is 0.250 e. The summed E-state index contributed by atoms with van der Waals surface area (Å²) >= 11 is 0. The SMILES string of the molecule is O=C(C1=CCCCC1)N1Cc2ccnn2CC[C@@H]1CN1CCOCC1. The van der Waals surface area contributed by atoms with Crippen molar-refractivity contribution in [2.45, 2.75) is 51.2 Å². The summed E-state index contributed by atoms with van der Waals surface area (Å²) in [6.07, 6.45) is 9.29. The first-order valence-corrected chi connectivity index (χ1v) is 9.62. The lowest BCUT2D eigenvalue weighted by atomic mass is 9.97. The van der Waals surface area contributed by atoms with Crippen molar-refractivity contribution in [1.29, 1.82) is 0 Å². The first-order valence-electron chi connectivity index (χ1n) is 9.62. The van der Waals surface area contributed by atoms with Gasteiger partial charge in [-0.05, 0) is 38.2 Å². The fourth-order valence-electron chi connectivity index (χ4n) is 4.15. The Balaban J connectivity index is 1.54. The van der Waals surface area contributed by atoms with Crippen LogP contribution in [0.15, 0.2) is 23.9 Å². The third-order valence-electron chi connectivity index (χ3n) is 5.65. The number of hydrogen-bond donors (Lipinski definition) is 0. The van der Waals surface area contributed by atoms with E-state index in [0.29, 0.717) is 6.54 Å². The molecule has 0 bridgehead atoms. The van der Waals surface area contributed by atoms with E-state index in [1.54, 1.807) is 0 Å². The summed E-state index contributed by atoms with van der Waals surface area (Å²) < 4.78 is 7.54. The molecule has 1 aliphatic carbocycles. The number of aryl methyl sites for hydroxylation is 1. The van der Waals surface area contributed by atoms with Gasteiger partial charge in [-0.15, -0.1) is 0 Å². The van der Waals surface area contributed by atoms with Gasteiger partial charge in [0.15, 0.2) is 0 Å². The minimum Gasteiger partial charge on any atom is -0.379 e. The van der Waals surface area contributed by atoms with Gasteiger partial charge in [-0.1, -0.05) is 6.08 Å². The van der Waals surface area contributed by atoms with Crippen molar-refractivity contribution in [3.05, 3.63) is 29.6 Å².